The molecule has 4 rings (SSSR count). The highest BCUT2D eigenvalue weighted by Gasteiger charge is 2.22. The van der Waals surface area contributed by atoms with Crippen molar-refractivity contribution < 1.29 is 9.53 Å². The Kier molecular flexibility index (Phi) is 3.39. The molecule has 1 amide bonds. The van der Waals surface area contributed by atoms with Crippen molar-refractivity contribution in [2.24, 2.45) is 0 Å². The first kappa shape index (κ1) is 14.0. The van der Waals surface area contributed by atoms with Gasteiger partial charge >= 0.3 is 0 Å². The number of hydrogen-bond donors (Lipinski definition) is 1. The van der Waals surface area contributed by atoms with E-state index in [9.17, 15) is 4.79 Å². The zero-order valence-electron chi connectivity index (χ0n) is 12.6. The Bertz CT molecular complexity index is 898. The van der Waals surface area contributed by atoms with E-state index in [-0.39, 0.29) is 5.91 Å². The van der Waals surface area contributed by atoms with E-state index in [0.717, 1.165) is 33.0 Å². The monoisotopic (exact) mass is 321 g/mol. The Hall–Kier alpha value is -2.59. The van der Waals surface area contributed by atoms with Crippen LogP contribution in [0.15, 0.2) is 54.6 Å². The molecule has 0 atom stereocenters. The number of nitrogens with one attached hydrogen (secondary N) is 1. The van der Waals surface area contributed by atoms with E-state index in [1.54, 1.807) is 0 Å². The van der Waals surface area contributed by atoms with Crippen LogP contribution >= 0.6 is 11.3 Å². The molecule has 1 aromatic heterocycles. The molecule has 0 radical (unpaired) electrons. The van der Waals surface area contributed by atoms with Crippen LogP contribution in [-0.4, -0.2) is 5.91 Å². The van der Waals surface area contributed by atoms with E-state index in [1.165, 1.54) is 11.3 Å². The molecule has 4 heteroatoms. The molecule has 0 saturated heterocycles. The molecule has 0 bridgehead atoms. The Morgan fingerprint density at radius 1 is 1.13 bits per heavy atom. The average Bonchev–Trinajstić information content (AvgIpc) is 3.02. The number of anilines is 1. The largest absolute Gasteiger partial charge is 0.488 e. The van der Waals surface area contributed by atoms with Gasteiger partial charge in [0.1, 0.15) is 12.4 Å². The van der Waals surface area contributed by atoms with Crippen molar-refractivity contribution in [1.29, 1.82) is 0 Å². The first-order chi connectivity index (χ1) is 11.2. The lowest BCUT2D eigenvalue weighted by Crippen LogP contribution is -2.11. The van der Waals surface area contributed by atoms with Crippen molar-refractivity contribution in [1.82, 2.24) is 0 Å². The molecule has 1 aliphatic rings. The van der Waals surface area contributed by atoms with Gasteiger partial charge < -0.3 is 10.1 Å². The fraction of sp³-hybridized carbons (Fsp3) is 0.105. The van der Waals surface area contributed by atoms with Crippen LogP contribution in [0.5, 0.6) is 5.75 Å². The summed E-state index contributed by atoms with van der Waals surface area (Å²) < 4.78 is 5.76. The Morgan fingerprint density at radius 3 is 2.78 bits per heavy atom. The summed E-state index contributed by atoms with van der Waals surface area (Å²) in [7, 11) is 0. The number of amides is 1. The molecule has 2 aromatic carbocycles. The SMILES string of the molecule is Cc1ccccc1NC(=O)c1cc2c(s1)-c1ccccc1OC2. The van der Waals surface area contributed by atoms with E-state index in [1.807, 2.05) is 61.5 Å². The molecule has 23 heavy (non-hydrogen) atoms. The van der Waals surface area contributed by atoms with E-state index in [0.29, 0.717) is 11.5 Å². The molecule has 0 unspecified atom stereocenters. The summed E-state index contributed by atoms with van der Waals surface area (Å²) in [6.45, 7) is 2.50. The zero-order chi connectivity index (χ0) is 15.8. The minimum absolute atomic E-state index is 0.0730. The smallest absolute Gasteiger partial charge is 0.265 e. The van der Waals surface area contributed by atoms with Crippen LogP contribution in [0, 0.1) is 6.92 Å². The Balaban J connectivity index is 1.66. The second-order valence-electron chi connectivity index (χ2n) is 5.52. The highest BCUT2D eigenvalue weighted by atomic mass is 32.1. The van der Waals surface area contributed by atoms with Gasteiger partial charge in [-0.2, -0.15) is 0 Å². The summed E-state index contributed by atoms with van der Waals surface area (Å²) in [5.41, 5.74) is 4.04. The van der Waals surface area contributed by atoms with E-state index < -0.39 is 0 Å². The number of ether oxygens (including phenoxy) is 1. The fourth-order valence-electron chi connectivity index (χ4n) is 2.71. The molecule has 0 saturated carbocycles. The number of para-hydroxylation sites is 2. The molecular formula is C19H15NO2S. The molecule has 1 N–H and O–H groups in total. The maximum atomic E-state index is 12.6. The number of benzene rings is 2. The number of fused-ring (bicyclic) bond motifs is 3. The quantitative estimate of drug-likeness (QED) is 0.731. The number of thiophene rings is 1. The van der Waals surface area contributed by atoms with Crippen LogP contribution < -0.4 is 10.1 Å². The van der Waals surface area contributed by atoms with Gasteiger partial charge in [-0.15, -0.1) is 11.3 Å². The van der Waals surface area contributed by atoms with Gasteiger partial charge in [0.15, 0.2) is 0 Å². The lowest BCUT2D eigenvalue weighted by molar-refractivity contribution is 0.103. The summed E-state index contributed by atoms with van der Waals surface area (Å²) in [5.74, 6) is 0.809. The standard InChI is InChI=1S/C19H15NO2S/c1-12-6-2-4-8-15(12)20-19(21)17-10-13-11-22-16-9-5-3-7-14(16)18(13)23-17/h2-10H,11H2,1H3,(H,20,21). The maximum Gasteiger partial charge on any atom is 0.265 e. The second kappa shape index (κ2) is 5.56. The number of carbonyl (C=O) groups excluding carboxylic acids is 1. The van der Waals surface area contributed by atoms with Crippen LogP contribution in [-0.2, 0) is 6.61 Å². The van der Waals surface area contributed by atoms with Gasteiger partial charge in [0.25, 0.3) is 5.91 Å². The molecule has 1 aliphatic heterocycles. The van der Waals surface area contributed by atoms with Gasteiger partial charge in [-0.3, -0.25) is 4.79 Å². The fourth-order valence-corrected chi connectivity index (χ4v) is 3.80. The third kappa shape index (κ3) is 2.51. The molecule has 114 valence electrons. The Labute approximate surface area is 138 Å². The van der Waals surface area contributed by atoms with Crippen LogP contribution in [0.25, 0.3) is 10.4 Å². The van der Waals surface area contributed by atoms with E-state index in [2.05, 4.69) is 5.32 Å². The summed E-state index contributed by atoms with van der Waals surface area (Å²) in [5, 5.41) is 2.99. The topological polar surface area (TPSA) is 38.3 Å². The lowest BCUT2D eigenvalue weighted by Gasteiger charge is -2.16. The summed E-state index contributed by atoms with van der Waals surface area (Å²) >= 11 is 1.52. The highest BCUT2D eigenvalue weighted by Crippen LogP contribution is 2.42. The van der Waals surface area contributed by atoms with Gasteiger partial charge in [-0.05, 0) is 36.8 Å². The predicted molar refractivity (Wildman–Crippen MR) is 93.2 cm³/mol. The number of carbonyl (C=O) groups is 1. The Morgan fingerprint density at radius 2 is 1.91 bits per heavy atom. The third-order valence-corrected chi connectivity index (χ3v) is 5.15. The van der Waals surface area contributed by atoms with Crippen molar-refractivity contribution in [3.05, 3.63) is 70.6 Å². The minimum atomic E-state index is -0.0730. The molecule has 0 spiro atoms. The number of hydrogen-bond acceptors (Lipinski definition) is 3. The van der Waals surface area contributed by atoms with Gasteiger partial charge in [-0.1, -0.05) is 30.3 Å². The van der Waals surface area contributed by atoms with Gasteiger partial charge in [-0.25, -0.2) is 0 Å². The minimum Gasteiger partial charge on any atom is -0.488 e. The van der Waals surface area contributed by atoms with E-state index >= 15 is 0 Å². The van der Waals surface area contributed by atoms with Crippen molar-refractivity contribution in [2.75, 3.05) is 5.32 Å². The molecular weight excluding hydrogens is 306 g/mol. The van der Waals surface area contributed by atoms with Crippen LogP contribution in [0.2, 0.25) is 0 Å². The van der Waals surface area contributed by atoms with E-state index in [4.69, 9.17) is 4.74 Å². The first-order valence-electron chi connectivity index (χ1n) is 7.44. The first-order valence-corrected chi connectivity index (χ1v) is 8.26. The normalized spacial score (nSPS) is 12.0. The molecule has 0 fully saturated rings. The predicted octanol–water partition coefficient (Wildman–Crippen LogP) is 4.87. The van der Waals surface area contributed by atoms with Crippen LogP contribution in [0.1, 0.15) is 20.8 Å². The second-order valence-corrected chi connectivity index (χ2v) is 6.57. The van der Waals surface area contributed by atoms with Gasteiger partial charge in [0, 0.05) is 21.7 Å². The number of rotatable bonds is 2. The number of aryl methyl sites for hydroxylation is 1. The lowest BCUT2D eigenvalue weighted by atomic mass is 10.1. The van der Waals surface area contributed by atoms with Gasteiger partial charge in [0.2, 0.25) is 0 Å². The highest BCUT2D eigenvalue weighted by molar-refractivity contribution is 7.17. The molecule has 2 heterocycles. The molecule has 3 nitrogen and oxygen atoms in total. The zero-order valence-corrected chi connectivity index (χ0v) is 13.4. The van der Waals surface area contributed by atoms with Crippen LogP contribution in [0.3, 0.4) is 0 Å². The molecule has 3 aromatic rings. The van der Waals surface area contributed by atoms with Crippen molar-refractivity contribution in [3.63, 3.8) is 0 Å². The average molecular weight is 321 g/mol. The molecule has 0 aliphatic carbocycles. The summed E-state index contributed by atoms with van der Waals surface area (Å²) in [6.07, 6.45) is 0. The maximum absolute atomic E-state index is 12.6. The van der Waals surface area contributed by atoms with Crippen LogP contribution in [0.4, 0.5) is 5.69 Å². The van der Waals surface area contributed by atoms with Gasteiger partial charge in [0.05, 0.1) is 4.88 Å². The van der Waals surface area contributed by atoms with Crippen molar-refractivity contribution >= 4 is 22.9 Å². The third-order valence-electron chi connectivity index (χ3n) is 3.94. The summed E-state index contributed by atoms with van der Waals surface area (Å²) in [4.78, 5) is 14.4. The van der Waals surface area contributed by atoms with Crippen molar-refractivity contribution in [2.45, 2.75) is 13.5 Å². The summed E-state index contributed by atoms with van der Waals surface area (Å²) in [6, 6.07) is 17.7. The van der Waals surface area contributed by atoms with Crippen molar-refractivity contribution in [3.8, 4) is 16.2 Å².